The van der Waals surface area contributed by atoms with Crippen LogP contribution in [0, 0.1) is 0 Å². The summed E-state index contributed by atoms with van der Waals surface area (Å²) >= 11 is 0. The molecule has 17 heavy (non-hydrogen) atoms. The summed E-state index contributed by atoms with van der Waals surface area (Å²) in [5, 5.41) is 11.5. The SMILES string of the molecule is BC1(B)/C(=N/O)C(=O)c2cc3c(cc21)OCO3. The normalized spacial score (nSPS) is 21.9. The highest BCUT2D eigenvalue weighted by Gasteiger charge is 2.44. The minimum Gasteiger partial charge on any atom is -0.454 e. The number of Topliss-reactive ketones (excluding diaryl/α,β-unsaturated/α-hetero) is 1. The highest BCUT2D eigenvalue weighted by Crippen LogP contribution is 2.41. The van der Waals surface area contributed by atoms with E-state index in [0.717, 1.165) is 5.56 Å². The molecule has 1 aliphatic heterocycles. The number of fused-ring (bicyclic) bond motifs is 2. The number of carbonyl (C=O) groups excluding carboxylic acids is 1. The Kier molecular flexibility index (Phi) is 1.85. The first-order valence-electron chi connectivity index (χ1n) is 5.27. The summed E-state index contributed by atoms with van der Waals surface area (Å²) in [6, 6.07) is 3.44. The summed E-state index contributed by atoms with van der Waals surface area (Å²) in [4.78, 5) is 12.1. The van der Waals surface area contributed by atoms with E-state index in [1.54, 1.807) is 12.1 Å². The summed E-state index contributed by atoms with van der Waals surface area (Å²) in [5.74, 6) is 0.932. The van der Waals surface area contributed by atoms with Gasteiger partial charge in [0.05, 0.1) is 0 Å². The maximum atomic E-state index is 12.1. The van der Waals surface area contributed by atoms with Gasteiger partial charge in [0.2, 0.25) is 12.6 Å². The Morgan fingerprint density at radius 1 is 1.29 bits per heavy atom. The number of carbonyl (C=O) groups is 1. The Bertz CT molecular complexity index is 568. The number of ketones is 1. The molecule has 0 saturated heterocycles. The molecule has 1 heterocycles. The summed E-state index contributed by atoms with van der Waals surface area (Å²) in [5.41, 5.74) is 1.47. The fourth-order valence-corrected chi connectivity index (χ4v) is 2.36. The fraction of sp³-hybridized carbons (Fsp3) is 0.200. The van der Waals surface area contributed by atoms with Crippen molar-refractivity contribution >= 4 is 27.2 Å². The number of hydrogen-bond acceptors (Lipinski definition) is 5. The molecule has 0 saturated carbocycles. The van der Waals surface area contributed by atoms with Crippen LogP contribution in [0.2, 0.25) is 0 Å². The van der Waals surface area contributed by atoms with E-state index >= 15 is 0 Å². The molecule has 1 aromatic carbocycles. The standard InChI is InChI=1S/C10H9B2NO4/c11-10(12)5-2-7-6(16-3-17-7)1-4(5)8(14)9(10)13-15/h1-2,15H,3,11-12H2/b13-9+. The summed E-state index contributed by atoms with van der Waals surface area (Å²) in [7, 11) is 3.68. The number of benzene rings is 1. The van der Waals surface area contributed by atoms with E-state index in [-0.39, 0.29) is 18.3 Å². The van der Waals surface area contributed by atoms with E-state index in [2.05, 4.69) is 5.16 Å². The van der Waals surface area contributed by atoms with Gasteiger partial charge in [-0.3, -0.25) is 4.79 Å². The second-order valence-corrected chi connectivity index (χ2v) is 4.65. The molecule has 0 aromatic heterocycles. The third-order valence-electron chi connectivity index (χ3n) is 3.34. The third kappa shape index (κ3) is 1.16. The zero-order valence-electron chi connectivity index (χ0n) is 9.48. The predicted octanol–water partition coefficient (Wildman–Crippen LogP) is -1.14. The van der Waals surface area contributed by atoms with Crippen LogP contribution in [0.1, 0.15) is 15.9 Å². The second-order valence-electron chi connectivity index (χ2n) is 4.65. The van der Waals surface area contributed by atoms with E-state index in [1.807, 2.05) is 15.7 Å². The Morgan fingerprint density at radius 2 is 1.94 bits per heavy atom. The van der Waals surface area contributed by atoms with Crippen molar-refractivity contribution in [2.75, 3.05) is 6.79 Å². The monoisotopic (exact) mass is 229 g/mol. The zero-order valence-corrected chi connectivity index (χ0v) is 9.48. The molecular weight excluding hydrogens is 220 g/mol. The van der Waals surface area contributed by atoms with Gasteiger partial charge in [0, 0.05) is 5.56 Å². The van der Waals surface area contributed by atoms with Gasteiger partial charge in [-0.25, -0.2) is 0 Å². The molecular formula is C10H9B2NO4. The predicted molar refractivity (Wildman–Crippen MR) is 64.9 cm³/mol. The molecule has 7 heteroatoms. The molecule has 1 N–H and O–H groups in total. The van der Waals surface area contributed by atoms with Crippen LogP contribution in [0.4, 0.5) is 0 Å². The van der Waals surface area contributed by atoms with Gasteiger partial charge in [0.25, 0.3) is 0 Å². The van der Waals surface area contributed by atoms with Gasteiger partial charge >= 0.3 is 0 Å². The van der Waals surface area contributed by atoms with Crippen LogP contribution in [-0.2, 0) is 5.21 Å². The van der Waals surface area contributed by atoms with E-state index in [1.165, 1.54) is 0 Å². The Labute approximate surface area is 99.2 Å². The van der Waals surface area contributed by atoms with E-state index in [9.17, 15) is 4.79 Å². The topological polar surface area (TPSA) is 68.1 Å². The van der Waals surface area contributed by atoms with E-state index in [0.29, 0.717) is 17.1 Å². The quantitative estimate of drug-likeness (QED) is 0.346. The van der Waals surface area contributed by atoms with Crippen molar-refractivity contribution in [2.45, 2.75) is 5.21 Å². The maximum absolute atomic E-state index is 12.1. The first-order valence-corrected chi connectivity index (χ1v) is 5.27. The molecule has 0 bridgehead atoms. The Balaban J connectivity index is 2.28. The summed E-state index contributed by atoms with van der Waals surface area (Å²) < 4.78 is 10.5. The van der Waals surface area contributed by atoms with Crippen molar-refractivity contribution in [3.63, 3.8) is 0 Å². The van der Waals surface area contributed by atoms with Crippen molar-refractivity contribution in [1.29, 1.82) is 0 Å². The molecule has 84 valence electrons. The number of ether oxygens (including phenoxy) is 2. The molecule has 2 aliphatic rings. The highest BCUT2D eigenvalue weighted by molar-refractivity contribution is 6.69. The summed E-state index contributed by atoms with van der Waals surface area (Å²) in [6.45, 7) is 0.174. The van der Waals surface area contributed by atoms with Gasteiger partial charge < -0.3 is 14.7 Å². The molecule has 1 aliphatic carbocycles. The first-order chi connectivity index (χ1) is 8.05. The molecule has 0 radical (unpaired) electrons. The first kappa shape index (κ1) is 10.3. The average molecular weight is 229 g/mol. The molecule has 3 rings (SSSR count). The lowest BCUT2D eigenvalue weighted by molar-refractivity contribution is 0.106. The van der Waals surface area contributed by atoms with E-state index in [4.69, 9.17) is 14.7 Å². The Morgan fingerprint density at radius 3 is 2.59 bits per heavy atom. The fourth-order valence-electron chi connectivity index (χ4n) is 2.36. The van der Waals surface area contributed by atoms with Gasteiger partial charge in [-0.15, -0.1) is 0 Å². The Hall–Kier alpha value is -1.91. The number of hydrogen-bond donors (Lipinski definition) is 1. The van der Waals surface area contributed by atoms with Gasteiger partial charge in [0.15, 0.2) is 11.5 Å². The van der Waals surface area contributed by atoms with Crippen molar-refractivity contribution in [1.82, 2.24) is 0 Å². The molecule has 1 aromatic rings. The number of oxime groups is 1. The largest absolute Gasteiger partial charge is 0.454 e. The zero-order chi connectivity index (χ0) is 12.2. The van der Waals surface area contributed by atoms with Gasteiger partial charge in [-0.2, -0.15) is 0 Å². The molecule has 5 nitrogen and oxygen atoms in total. The van der Waals surface area contributed by atoms with Gasteiger partial charge in [0.1, 0.15) is 21.4 Å². The average Bonchev–Trinajstić information content (AvgIpc) is 2.80. The van der Waals surface area contributed by atoms with Crippen LogP contribution in [0.3, 0.4) is 0 Å². The lowest BCUT2D eigenvalue weighted by atomic mass is 9.50. The van der Waals surface area contributed by atoms with Crippen molar-refractivity contribution < 1.29 is 19.5 Å². The number of rotatable bonds is 0. The minimum atomic E-state index is -0.609. The minimum absolute atomic E-state index is 0.149. The van der Waals surface area contributed by atoms with Crippen LogP contribution >= 0.6 is 0 Å². The van der Waals surface area contributed by atoms with E-state index < -0.39 is 5.21 Å². The van der Waals surface area contributed by atoms with Crippen molar-refractivity contribution in [3.8, 4) is 11.5 Å². The van der Waals surface area contributed by atoms with Crippen LogP contribution in [0.15, 0.2) is 17.3 Å². The van der Waals surface area contributed by atoms with Crippen LogP contribution in [0.5, 0.6) is 11.5 Å². The molecule has 0 fully saturated rings. The van der Waals surface area contributed by atoms with Crippen molar-refractivity contribution in [3.05, 3.63) is 23.3 Å². The van der Waals surface area contributed by atoms with Gasteiger partial charge in [-0.05, 0) is 22.9 Å². The molecule has 0 atom stereocenters. The molecule has 0 unspecified atom stereocenters. The maximum Gasteiger partial charge on any atom is 0.231 e. The van der Waals surface area contributed by atoms with Crippen LogP contribution in [-0.4, -0.2) is 39.2 Å². The second kappa shape index (κ2) is 3.06. The molecule has 0 amide bonds. The lowest BCUT2D eigenvalue weighted by Gasteiger charge is -2.18. The summed E-state index contributed by atoms with van der Waals surface area (Å²) in [6.07, 6.45) is 0. The number of nitrogens with zero attached hydrogens (tertiary/aromatic N) is 1. The third-order valence-corrected chi connectivity index (χ3v) is 3.34. The molecule has 0 spiro atoms. The lowest BCUT2D eigenvalue weighted by Crippen LogP contribution is -2.35. The van der Waals surface area contributed by atoms with Gasteiger partial charge in [-0.1, -0.05) is 5.16 Å². The van der Waals surface area contributed by atoms with Crippen LogP contribution in [0.25, 0.3) is 0 Å². The van der Waals surface area contributed by atoms with Crippen LogP contribution < -0.4 is 9.47 Å². The highest BCUT2D eigenvalue weighted by atomic mass is 16.7. The smallest absolute Gasteiger partial charge is 0.231 e. The van der Waals surface area contributed by atoms with Crippen molar-refractivity contribution in [2.24, 2.45) is 5.16 Å².